The summed E-state index contributed by atoms with van der Waals surface area (Å²) in [5.74, 6) is -1.42. The number of ether oxygens (including phenoxy) is 1. The molecular weight excluding hydrogens is 277 g/mol. The standard InChI is InChI=1S/C15H16FNO4/c16-15(14(19)20)6-7-17(9-15)13(18)11-5-8-21-12-4-2-1-3-10(11)12/h1-4,11H,5-9H2,(H,19,20). The predicted octanol–water partition coefficient (Wildman–Crippen LogP) is 1.58. The fourth-order valence-electron chi connectivity index (χ4n) is 2.95. The number of fused-ring (bicyclic) bond motifs is 1. The summed E-state index contributed by atoms with van der Waals surface area (Å²) in [6, 6.07) is 7.29. The molecule has 1 amide bonds. The number of carboxylic acids is 1. The Morgan fingerprint density at radius 2 is 2.14 bits per heavy atom. The number of benzene rings is 1. The highest BCUT2D eigenvalue weighted by Gasteiger charge is 2.48. The minimum absolute atomic E-state index is 0.140. The quantitative estimate of drug-likeness (QED) is 0.899. The second kappa shape index (κ2) is 5.02. The summed E-state index contributed by atoms with van der Waals surface area (Å²) in [6.45, 7) is 0.197. The molecule has 2 aliphatic rings. The third-order valence-corrected chi connectivity index (χ3v) is 4.17. The lowest BCUT2D eigenvalue weighted by atomic mass is 9.92. The first-order valence-corrected chi connectivity index (χ1v) is 6.94. The molecule has 1 saturated heterocycles. The SMILES string of the molecule is O=C(C1CCOc2ccccc21)N1CCC(F)(C(=O)O)C1. The van der Waals surface area contributed by atoms with Gasteiger partial charge in [0.1, 0.15) is 5.75 Å². The highest BCUT2D eigenvalue weighted by molar-refractivity contribution is 5.87. The Bertz CT molecular complexity index is 591. The number of rotatable bonds is 2. The predicted molar refractivity (Wildman–Crippen MR) is 72.0 cm³/mol. The van der Waals surface area contributed by atoms with Gasteiger partial charge in [-0.25, -0.2) is 9.18 Å². The Morgan fingerprint density at radius 1 is 1.38 bits per heavy atom. The summed E-state index contributed by atoms with van der Waals surface area (Å²) in [5, 5.41) is 8.91. The second-order valence-corrected chi connectivity index (χ2v) is 5.51. The largest absolute Gasteiger partial charge is 0.493 e. The molecule has 2 heterocycles. The first-order chi connectivity index (χ1) is 10.0. The zero-order valence-corrected chi connectivity index (χ0v) is 11.4. The number of amides is 1. The summed E-state index contributed by atoms with van der Waals surface area (Å²) in [6.07, 6.45) is 0.373. The number of aliphatic carboxylic acids is 1. The van der Waals surface area contributed by atoms with Crippen molar-refractivity contribution >= 4 is 11.9 Å². The lowest BCUT2D eigenvalue weighted by molar-refractivity contribution is -0.150. The van der Waals surface area contributed by atoms with Crippen LogP contribution in [0.15, 0.2) is 24.3 Å². The second-order valence-electron chi connectivity index (χ2n) is 5.51. The van der Waals surface area contributed by atoms with E-state index in [0.29, 0.717) is 18.8 Å². The molecule has 0 aromatic heterocycles. The molecule has 3 rings (SSSR count). The third kappa shape index (κ3) is 2.34. The Balaban J connectivity index is 1.80. The zero-order chi connectivity index (χ0) is 15.0. The van der Waals surface area contributed by atoms with Crippen LogP contribution in [0.2, 0.25) is 0 Å². The van der Waals surface area contributed by atoms with Crippen molar-refractivity contribution in [2.45, 2.75) is 24.4 Å². The lowest BCUT2D eigenvalue weighted by Crippen LogP contribution is -2.41. The van der Waals surface area contributed by atoms with E-state index in [-0.39, 0.29) is 31.3 Å². The van der Waals surface area contributed by atoms with Crippen LogP contribution in [0.4, 0.5) is 4.39 Å². The normalized spacial score (nSPS) is 27.9. The summed E-state index contributed by atoms with van der Waals surface area (Å²) >= 11 is 0. The minimum atomic E-state index is -2.32. The van der Waals surface area contributed by atoms with E-state index in [4.69, 9.17) is 9.84 Å². The number of carbonyl (C=O) groups is 2. The van der Waals surface area contributed by atoms with E-state index < -0.39 is 11.6 Å². The van der Waals surface area contributed by atoms with Crippen molar-refractivity contribution in [2.75, 3.05) is 19.7 Å². The van der Waals surface area contributed by atoms with Gasteiger partial charge in [0, 0.05) is 18.5 Å². The van der Waals surface area contributed by atoms with Gasteiger partial charge in [-0.05, 0) is 12.5 Å². The van der Waals surface area contributed by atoms with Gasteiger partial charge < -0.3 is 14.7 Å². The molecule has 1 aromatic rings. The van der Waals surface area contributed by atoms with Crippen molar-refractivity contribution in [1.29, 1.82) is 0 Å². The highest BCUT2D eigenvalue weighted by Crippen LogP contribution is 2.36. The average Bonchev–Trinajstić information content (AvgIpc) is 2.90. The Kier molecular flexibility index (Phi) is 3.31. The van der Waals surface area contributed by atoms with Gasteiger partial charge in [0.25, 0.3) is 0 Å². The van der Waals surface area contributed by atoms with Crippen LogP contribution in [-0.2, 0) is 9.59 Å². The van der Waals surface area contributed by atoms with Crippen LogP contribution in [0.1, 0.15) is 24.3 Å². The fraction of sp³-hybridized carbons (Fsp3) is 0.467. The molecule has 0 saturated carbocycles. The molecule has 1 N–H and O–H groups in total. The van der Waals surface area contributed by atoms with Gasteiger partial charge in [-0.15, -0.1) is 0 Å². The monoisotopic (exact) mass is 293 g/mol. The van der Waals surface area contributed by atoms with Crippen molar-refractivity contribution in [1.82, 2.24) is 4.90 Å². The Morgan fingerprint density at radius 3 is 2.86 bits per heavy atom. The topological polar surface area (TPSA) is 66.8 Å². The van der Waals surface area contributed by atoms with Gasteiger partial charge in [0.15, 0.2) is 0 Å². The maximum Gasteiger partial charge on any atom is 0.343 e. The van der Waals surface area contributed by atoms with Gasteiger partial charge in [0.2, 0.25) is 11.6 Å². The van der Waals surface area contributed by atoms with Crippen molar-refractivity contribution in [3.05, 3.63) is 29.8 Å². The first-order valence-electron chi connectivity index (χ1n) is 6.94. The number of halogens is 1. The maximum atomic E-state index is 14.1. The first kappa shape index (κ1) is 13.9. The van der Waals surface area contributed by atoms with E-state index in [1.807, 2.05) is 18.2 Å². The molecule has 2 aliphatic heterocycles. The minimum Gasteiger partial charge on any atom is -0.493 e. The maximum absolute atomic E-state index is 14.1. The third-order valence-electron chi connectivity index (χ3n) is 4.17. The number of carboxylic acid groups (broad SMARTS) is 1. The summed E-state index contributed by atoms with van der Waals surface area (Å²) in [5.41, 5.74) is -1.53. The van der Waals surface area contributed by atoms with Crippen LogP contribution in [0.5, 0.6) is 5.75 Å². The molecule has 112 valence electrons. The van der Waals surface area contributed by atoms with Gasteiger partial charge in [0.05, 0.1) is 19.1 Å². The molecule has 2 atom stereocenters. The summed E-state index contributed by atoms with van der Waals surface area (Å²) < 4.78 is 19.6. The molecular formula is C15H16FNO4. The van der Waals surface area contributed by atoms with E-state index in [1.54, 1.807) is 6.07 Å². The van der Waals surface area contributed by atoms with E-state index in [2.05, 4.69) is 0 Å². The number of alkyl halides is 1. The molecule has 0 bridgehead atoms. The molecule has 1 aromatic carbocycles. The Labute approximate surface area is 121 Å². The molecule has 6 heteroatoms. The van der Waals surface area contributed by atoms with Crippen LogP contribution in [0.3, 0.4) is 0 Å². The number of likely N-dealkylation sites (tertiary alicyclic amines) is 1. The Hall–Kier alpha value is -2.11. The molecule has 2 unspecified atom stereocenters. The zero-order valence-electron chi connectivity index (χ0n) is 11.4. The highest BCUT2D eigenvalue weighted by atomic mass is 19.1. The number of carbonyl (C=O) groups excluding carboxylic acids is 1. The smallest absolute Gasteiger partial charge is 0.343 e. The molecule has 21 heavy (non-hydrogen) atoms. The van der Waals surface area contributed by atoms with Gasteiger partial charge in [-0.1, -0.05) is 18.2 Å². The fourth-order valence-corrected chi connectivity index (χ4v) is 2.95. The van der Waals surface area contributed by atoms with Gasteiger partial charge in [-0.3, -0.25) is 4.79 Å². The number of hydrogen-bond donors (Lipinski definition) is 1. The van der Waals surface area contributed by atoms with Crippen molar-refractivity contribution in [3.8, 4) is 5.75 Å². The van der Waals surface area contributed by atoms with E-state index in [9.17, 15) is 14.0 Å². The summed E-state index contributed by atoms with van der Waals surface area (Å²) in [4.78, 5) is 24.8. The van der Waals surface area contributed by atoms with E-state index in [1.165, 1.54) is 4.90 Å². The summed E-state index contributed by atoms with van der Waals surface area (Å²) in [7, 11) is 0. The molecule has 1 fully saturated rings. The van der Waals surface area contributed by atoms with Crippen molar-refractivity contribution in [3.63, 3.8) is 0 Å². The van der Waals surface area contributed by atoms with Crippen molar-refractivity contribution < 1.29 is 23.8 Å². The van der Waals surface area contributed by atoms with E-state index >= 15 is 0 Å². The molecule has 0 radical (unpaired) electrons. The van der Waals surface area contributed by atoms with Crippen LogP contribution >= 0.6 is 0 Å². The average molecular weight is 293 g/mol. The number of hydrogen-bond acceptors (Lipinski definition) is 3. The molecule has 5 nitrogen and oxygen atoms in total. The molecule has 0 spiro atoms. The van der Waals surface area contributed by atoms with Gasteiger partial charge in [-0.2, -0.15) is 0 Å². The van der Waals surface area contributed by atoms with Crippen LogP contribution < -0.4 is 4.74 Å². The number of para-hydroxylation sites is 1. The lowest BCUT2D eigenvalue weighted by Gasteiger charge is -2.28. The molecule has 0 aliphatic carbocycles. The van der Waals surface area contributed by atoms with Crippen LogP contribution in [0.25, 0.3) is 0 Å². The van der Waals surface area contributed by atoms with Crippen LogP contribution in [-0.4, -0.2) is 47.2 Å². The van der Waals surface area contributed by atoms with Crippen molar-refractivity contribution in [2.24, 2.45) is 0 Å². The number of nitrogens with zero attached hydrogens (tertiary/aromatic N) is 1. The van der Waals surface area contributed by atoms with E-state index in [0.717, 1.165) is 5.56 Å². The van der Waals surface area contributed by atoms with Gasteiger partial charge >= 0.3 is 5.97 Å². The van der Waals surface area contributed by atoms with Crippen LogP contribution in [0, 0.1) is 0 Å².